The monoisotopic (exact) mass is 173 g/mol. The molecule has 1 N–H and O–H groups in total. The van der Waals surface area contributed by atoms with Crippen molar-refractivity contribution in [2.75, 3.05) is 13.2 Å². The first-order valence-electron chi connectivity index (χ1n) is 4.61. The summed E-state index contributed by atoms with van der Waals surface area (Å²) in [5.41, 5.74) is 0. The van der Waals surface area contributed by atoms with Gasteiger partial charge in [0.2, 0.25) is 5.91 Å². The Morgan fingerprint density at radius 2 is 2.50 bits per heavy atom. The summed E-state index contributed by atoms with van der Waals surface area (Å²) >= 11 is 0. The van der Waals surface area contributed by atoms with Crippen molar-refractivity contribution < 1.29 is 11.0 Å². The maximum absolute atomic E-state index is 10.9. The number of hydrogen-bond donors (Lipinski definition) is 1. The van der Waals surface area contributed by atoms with E-state index in [0.717, 1.165) is 13.0 Å². The minimum Gasteiger partial charge on any atom is -0.379 e. The number of hydrogen-bond acceptors (Lipinski definition) is 2. The van der Waals surface area contributed by atoms with Crippen LogP contribution in [0, 0.1) is 5.92 Å². The van der Waals surface area contributed by atoms with Crippen molar-refractivity contribution in [1.82, 2.24) is 5.32 Å². The largest absolute Gasteiger partial charge is 0.379 e. The molecule has 1 amide bonds. The molecule has 0 aromatic heterocycles. The normalized spacial score (nSPS) is 29.0. The van der Waals surface area contributed by atoms with Gasteiger partial charge >= 0.3 is 0 Å². The third-order valence-corrected chi connectivity index (χ3v) is 2.19. The highest BCUT2D eigenvalue weighted by Gasteiger charge is 2.28. The molecule has 1 heterocycles. The summed E-state index contributed by atoms with van der Waals surface area (Å²) in [6.07, 6.45) is 1.69. The van der Waals surface area contributed by atoms with Gasteiger partial charge in [0.15, 0.2) is 0 Å². The fraction of sp³-hybridized carbons (Fsp3) is 0.889. The average molecular weight is 173 g/mol. The highest BCUT2D eigenvalue weighted by atomic mass is 16.5. The molecule has 1 aliphatic rings. The molecule has 0 aliphatic carbocycles. The first-order chi connectivity index (χ1) is 5.74. The molecule has 1 saturated heterocycles. The zero-order chi connectivity index (χ0) is 8.97. The Labute approximate surface area is 75.0 Å². The van der Waals surface area contributed by atoms with Crippen LogP contribution in [0.25, 0.3) is 0 Å². The second-order valence-corrected chi connectivity index (χ2v) is 3.43. The molecule has 0 aromatic rings. The number of amides is 1. The molecule has 0 aromatic carbocycles. The van der Waals surface area contributed by atoms with Crippen LogP contribution in [0.1, 0.15) is 28.1 Å². The molecule has 12 heavy (non-hydrogen) atoms. The van der Waals surface area contributed by atoms with Gasteiger partial charge in [0.05, 0.1) is 12.6 Å². The van der Waals surface area contributed by atoms with Crippen molar-refractivity contribution >= 4 is 5.91 Å². The van der Waals surface area contributed by atoms with E-state index in [0.29, 0.717) is 18.9 Å². The molecule has 3 heteroatoms. The summed E-state index contributed by atoms with van der Waals surface area (Å²) in [5.74, 6) is 0.585. The van der Waals surface area contributed by atoms with E-state index < -0.39 is 0 Å². The summed E-state index contributed by atoms with van der Waals surface area (Å²) in [7, 11) is 0. The lowest BCUT2D eigenvalue weighted by Gasteiger charge is -2.14. The molecule has 3 nitrogen and oxygen atoms in total. The van der Waals surface area contributed by atoms with Crippen LogP contribution in [-0.2, 0) is 9.53 Å². The molecule has 0 radical (unpaired) electrons. The third-order valence-electron chi connectivity index (χ3n) is 2.19. The van der Waals surface area contributed by atoms with Crippen molar-refractivity contribution in [3.8, 4) is 0 Å². The Bertz CT molecular complexity index is 164. The number of ether oxygens (including phenoxy) is 1. The molecule has 0 spiro atoms. The second kappa shape index (κ2) is 4.45. The number of rotatable bonds is 4. The summed E-state index contributed by atoms with van der Waals surface area (Å²) < 4.78 is 5.37. The summed E-state index contributed by atoms with van der Waals surface area (Å²) in [6, 6.07) is 0.240. The highest BCUT2D eigenvalue weighted by Crippen LogP contribution is 2.15. The lowest BCUT2D eigenvalue weighted by molar-refractivity contribution is -0.119. The quantitative estimate of drug-likeness (QED) is 0.648. The predicted molar refractivity (Wildman–Crippen MR) is 48.9 cm³/mol. The third kappa shape index (κ3) is 2.48. The fourth-order valence-electron chi connectivity index (χ4n) is 1.40. The van der Waals surface area contributed by atoms with Crippen molar-refractivity contribution in [2.24, 2.45) is 5.92 Å². The van der Waals surface area contributed by atoms with Crippen LogP contribution < -0.4 is 5.32 Å². The first kappa shape index (κ1) is 9.52. The maximum atomic E-state index is 10.9. The van der Waals surface area contributed by atoms with E-state index in [1.54, 1.807) is 0 Å². The van der Waals surface area contributed by atoms with E-state index in [1.165, 1.54) is 0 Å². The van der Waals surface area contributed by atoms with Crippen LogP contribution in [0.4, 0.5) is 0 Å². The first-order valence-corrected chi connectivity index (χ1v) is 4.61. The van der Waals surface area contributed by atoms with Crippen LogP contribution in [0.2, 0.25) is 0 Å². The van der Waals surface area contributed by atoms with Crippen molar-refractivity contribution in [3.63, 3.8) is 0 Å². The van der Waals surface area contributed by atoms with E-state index in [4.69, 9.17) is 4.74 Å². The molecule has 1 fully saturated rings. The predicted octanol–water partition coefficient (Wildman–Crippen LogP) is 1.18. The van der Waals surface area contributed by atoms with Crippen LogP contribution in [0.15, 0.2) is 0 Å². The minimum atomic E-state index is 0. The lowest BCUT2D eigenvalue weighted by Crippen LogP contribution is -2.32. The molecule has 1 rings (SSSR count). The van der Waals surface area contributed by atoms with Gasteiger partial charge in [0.1, 0.15) is 0 Å². The Hall–Kier alpha value is -0.570. The molecule has 0 bridgehead atoms. The molecule has 72 valence electrons. The van der Waals surface area contributed by atoms with Gasteiger partial charge in [0.25, 0.3) is 0 Å². The Kier molecular flexibility index (Phi) is 3.53. The van der Waals surface area contributed by atoms with Crippen molar-refractivity contribution in [2.45, 2.75) is 32.7 Å². The van der Waals surface area contributed by atoms with E-state index in [1.807, 2.05) is 0 Å². The van der Waals surface area contributed by atoms with Gasteiger partial charge in [-0.05, 0) is 12.3 Å². The van der Waals surface area contributed by atoms with E-state index in [2.05, 4.69) is 19.2 Å². The zero-order valence-electron chi connectivity index (χ0n) is 7.80. The standard InChI is InChI=1S/C9H17NO2.H2/c1-3-4-12-6-8-7(2)5-9(11)10-8;/h7-8H,3-6H2,1-2H3,(H,10,11);1H/t7-,8-;/m1./s1. The smallest absolute Gasteiger partial charge is 0.220 e. The van der Waals surface area contributed by atoms with Gasteiger partial charge in [0, 0.05) is 14.5 Å². The SMILES string of the molecule is CCCOC[C@H]1NC(=O)C[C@H]1C.[HH]. The molecule has 0 unspecified atom stereocenters. The zero-order valence-corrected chi connectivity index (χ0v) is 7.80. The van der Waals surface area contributed by atoms with Gasteiger partial charge in [-0.2, -0.15) is 0 Å². The van der Waals surface area contributed by atoms with Crippen LogP contribution in [-0.4, -0.2) is 25.2 Å². The summed E-state index contributed by atoms with van der Waals surface area (Å²) in [5, 5.41) is 2.90. The van der Waals surface area contributed by atoms with Crippen LogP contribution in [0.5, 0.6) is 0 Å². The average Bonchev–Trinajstić information content (AvgIpc) is 2.31. The minimum absolute atomic E-state index is 0. The van der Waals surface area contributed by atoms with Gasteiger partial charge in [-0.1, -0.05) is 13.8 Å². The molecule has 1 aliphatic heterocycles. The van der Waals surface area contributed by atoms with Gasteiger partial charge < -0.3 is 10.1 Å². The second-order valence-electron chi connectivity index (χ2n) is 3.43. The van der Waals surface area contributed by atoms with Crippen molar-refractivity contribution in [1.29, 1.82) is 0 Å². The van der Waals surface area contributed by atoms with Gasteiger partial charge in [-0.25, -0.2) is 0 Å². The molecule has 0 saturated carbocycles. The van der Waals surface area contributed by atoms with Crippen molar-refractivity contribution in [3.05, 3.63) is 0 Å². The lowest BCUT2D eigenvalue weighted by atomic mass is 10.0. The fourth-order valence-corrected chi connectivity index (χ4v) is 1.40. The Morgan fingerprint density at radius 3 is 3.00 bits per heavy atom. The Balaban J connectivity index is 0.00000144. The van der Waals surface area contributed by atoms with E-state index >= 15 is 0 Å². The number of carbonyl (C=O) groups excluding carboxylic acids is 1. The summed E-state index contributed by atoms with van der Waals surface area (Å²) in [6.45, 7) is 5.62. The number of nitrogens with one attached hydrogen (secondary N) is 1. The van der Waals surface area contributed by atoms with Gasteiger partial charge in [-0.3, -0.25) is 4.79 Å². The van der Waals surface area contributed by atoms with E-state index in [-0.39, 0.29) is 13.4 Å². The molecular formula is C9H19NO2. The van der Waals surface area contributed by atoms with Crippen LogP contribution >= 0.6 is 0 Å². The topological polar surface area (TPSA) is 38.3 Å². The number of carbonyl (C=O) groups is 1. The maximum Gasteiger partial charge on any atom is 0.220 e. The summed E-state index contributed by atoms with van der Waals surface area (Å²) in [4.78, 5) is 10.9. The van der Waals surface area contributed by atoms with Gasteiger partial charge in [-0.15, -0.1) is 0 Å². The highest BCUT2D eigenvalue weighted by molar-refractivity contribution is 5.78. The van der Waals surface area contributed by atoms with E-state index in [9.17, 15) is 4.79 Å². The molecular weight excluding hydrogens is 154 g/mol. The Morgan fingerprint density at radius 1 is 1.75 bits per heavy atom. The van der Waals surface area contributed by atoms with Crippen LogP contribution in [0.3, 0.4) is 0 Å². The molecule has 2 atom stereocenters.